The highest BCUT2D eigenvalue weighted by molar-refractivity contribution is 7.92. The zero-order chi connectivity index (χ0) is 16.7. The second-order valence-corrected chi connectivity index (χ2v) is 9.32. The Hall–Kier alpha value is -1.79. The molecule has 0 unspecified atom stereocenters. The molecule has 0 spiro atoms. The predicted octanol–water partition coefficient (Wildman–Crippen LogP) is -0.835. The molecule has 1 N–H and O–H groups in total. The van der Waals surface area contributed by atoms with Gasteiger partial charge in [-0.2, -0.15) is 4.31 Å². The Bertz CT molecular complexity index is 879. The molecule has 0 saturated carbocycles. The van der Waals surface area contributed by atoms with Gasteiger partial charge in [0.15, 0.2) is 5.03 Å². The van der Waals surface area contributed by atoms with Crippen molar-refractivity contribution in [3.05, 3.63) is 18.9 Å². The van der Waals surface area contributed by atoms with Crippen molar-refractivity contribution in [3.63, 3.8) is 0 Å². The number of hydrogen-bond acceptors (Lipinski definition) is 7. The highest BCUT2D eigenvalue weighted by Gasteiger charge is 2.38. The first kappa shape index (κ1) is 16.1. The van der Waals surface area contributed by atoms with E-state index in [0.29, 0.717) is 0 Å². The topological polar surface area (TPSA) is 131 Å². The van der Waals surface area contributed by atoms with Crippen LogP contribution >= 0.6 is 0 Å². The van der Waals surface area contributed by atoms with Gasteiger partial charge < -0.3 is 9.55 Å². The van der Waals surface area contributed by atoms with Gasteiger partial charge in [-0.1, -0.05) is 0 Å². The SMILES string of the molecule is Cn1cnnc1S(=O)(=O)C1CCN(S(=O)(=O)c2cnc[nH]2)CC1. The second-order valence-electron chi connectivity index (χ2n) is 5.29. The number of imidazole rings is 1. The van der Waals surface area contributed by atoms with Crippen LogP contribution in [0.25, 0.3) is 0 Å². The molecule has 126 valence electrons. The van der Waals surface area contributed by atoms with Crippen LogP contribution in [0.1, 0.15) is 12.8 Å². The smallest absolute Gasteiger partial charge is 0.260 e. The van der Waals surface area contributed by atoms with E-state index in [2.05, 4.69) is 20.2 Å². The minimum atomic E-state index is -3.66. The highest BCUT2D eigenvalue weighted by Crippen LogP contribution is 2.26. The van der Waals surface area contributed by atoms with Crippen molar-refractivity contribution in [1.82, 2.24) is 29.0 Å². The number of aryl methyl sites for hydroxylation is 1. The summed E-state index contributed by atoms with van der Waals surface area (Å²) in [6.45, 7) is 0.256. The average Bonchev–Trinajstić information content (AvgIpc) is 3.19. The summed E-state index contributed by atoms with van der Waals surface area (Å²) in [6, 6.07) is 0. The number of piperidine rings is 1. The lowest BCUT2D eigenvalue weighted by Gasteiger charge is -2.30. The summed E-state index contributed by atoms with van der Waals surface area (Å²) in [7, 11) is -5.73. The summed E-state index contributed by atoms with van der Waals surface area (Å²) in [6.07, 6.45) is 4.27. The first-order valence-electron chi connectivity index (χ1n) is 6.90. The third-order valence-corrected chi connectivity index (χ3v) is 7.91. The monoisotopic (exact) mass is 360 g/mol. The number of sulfone groups is 1. The molecule has 2 aromatic heterocycles. The first-order chi connectivity index (χ1) is 10.8. The summed E-state index contributed by atoms with van der Waals surface area (Å²) in [5, 5.41) is 6.49. The number of nitrogens with zero attached hydrogens (tertiary/aromatic N) is 5. The van der Waals surface area contributed by atoms with Gasteiger partial charge in [0, 0.05) is 20.1 Å². The minimum Gasteiger partial charge on any atom is -0.335 e. The van der Waals surface area contributed by atoms with E-state index in [9.17, 15) is 16.8 Å². The minimum absolute atomic E-state index is 0.00658. The van der Waals surface area contributed by atoms with Gasteiger partial charge in [0.25, 0.3) is 10.0 Å². The maximum absolute atomic E-state index is 12.5. The van der Waals surface area contributed by atoms with Crippen LogP contribution in [0.2, 0.25) is 0 Å². The first-order valence-corrected chi connectivity index (χ1v) is 9.88. The van der Waals surface area contributed by atoms with Crippen LogP contribution in [-0.2, 0) is 26.9 Å². The Morgan fingerprint density at radius 2 is 1.91 bits per heavy atom. The van der Waals surface area contributed by atoms with Crippen molar-refractivity contribution in [2.24, 2.45) is 7.05 Å². The van der Waals surface area contributed by atoms with Gasteiger partial charge in [-0.25, -0.2) is 21.8 Å². The average molecular weight is 360 g/mol. The molecule has 3 rings (SSSR count). The van der Waals surface area contributed by atoms with Crippen LogP contribution in [0.15, 0.2) is 29.0 Å². The molecule has 0 aliphatic carbocycles. The lowest BCUT2D eigenvalue weighted by atomic mass is 10.2. The number of rotatable bonds is 4. The van der Waals surface area contributed by atoms with E-state index in [-0.39, 0.29) is 36.1 Å². The number of H-pyrrole nitrogens is 1. The molecule has 0 atom stereocenters. The van der Waals surface area contributed by atoms with Gasteiger partial charge in [-0.3, -0.25) is 0 Å². The van der Waals surface area contributed by atoms with E-state index in [1.807, 2.05) is 0 Å². The molecule has 12 heteroatoms. The summed E-state index contributed by atoms with van der Waals surface area (Å²) in [5.74, 6) is 0. The number of sulfonamides is 1. The maximum atomic E-state index is 12.5. The Morgan fingerprint density at radius 1 is 1.22 bits per heavy atom. The number of aromatic nitrogens is 5. The molecule has 0 amide bonds. The quantitative estimate of drug-likeness (QED) is 0.752. The summed E-state index contributed by atoms with van der Waals surface area (Å²) in [4.78, 5) is 6.27. The van der Waals surface area contributed by atoms with E-state index in [1.165, 1.54) is 27.7 Å². The molecule has 23 heavy (non-hydrogen) atoms. The van der Waals surface area contributed by atoms with Crippen LogP contribution < -0.4 is 0 Å². The molecule has 1 aliphatic rings. The molecule has 0 bridgehead atoms. The van der Waals surface area contributed by atoms with Crippen molar-refractivity contribution in [2.45, 2.75) is 28.3 Å². The second kappa shape index (κ2) is 5.69. The fraction of sp³-hybridized carbons (Fsp3) is 0.545. The lowest BCUT2D eigenvalue weighted by Crippen LogP contribution is -2.42. The highest BCUT2D eigenvalue weighted by atomic mass is 32.2. The molecule has 0 aromatic carbocycles. The lowest BCUT2D eigenvalue weighted by molar-refractivity contribution is 0.344. The number of hydrogen-bond donors (Lipinski definition) is 1. The molecule has 1 aliphatic heterocycles. The number of nitrogens with one attached hydrogen (secondary N) is 1. The zero-order valence-corrected chi connectivity index (χ0v) is 14.0. The Balaban J connectivity index is 1.76. The molecule has 1 fully saturated rings. The van der Waals surface area contributed by atoms with Gasteiger partial charge in [0.1, 0.15) is 6.33 Å². The standard InChI is InChI=1S/C11H16N6O4S2/c1-16-8-14-15-11(16)22(18,19)9-2-4-17(5-3-9)23(20,21)10-6-12-7-13-10/h6-9H,2-5H2,1H3,(H,12,13). The molecule has 10 nitrogen and oxygen atoms in total. The van der Waals surface area contributed by atoms with Crippen LogP contribution in [0.5, 0.6) is 0 Å². The Morgan fingerprint density at radius 3 is 2.43 bits per heavy atom. The van der Waals surface area contributed by atoms with Crippen molar-refractivity contribution in [3.8, 4) is 0 Å². The van der Waals surface area contributed by atoms with Crippen LogP contribution in [-0.4, -0.2) is 64.2 Å². The third kappa shape index (κ3) is 2.77. The maximum Gasteiger partial charge on any atom is 0.260 e. The van der Waals surface area contributed by atoms with E-state index in [1.54, 1.807) is 7.05 Å². The van der Waals surface area contributed by atoms with E-state index in [0.717, 1.165) is 0 Å². The fourth-order valence-corrected chi connectivity index (χ4v) is 5.69. The molecular formula is C11H16N6O4S2. The summed E-state index contributed by atoms with van der Waals surface area (Å²) < 4.78 is 52.4. The predicted molar refractivity (Wildman–Crippen MR) is 78.6 cm³/mol. The number of aromatic amines is 1. The van der Waals surface area contributed by atoms with E-state index < -0.39 is 25.1 Å². The zero-order valence-electron chi connectivity index (χ0n) is 12.3. The molecule has 2 aromatic rings. The molecular weight excluding hydrogens is 344 g/mol. The largest absolute Gasteiger partial charge is 0.335 e. The van der Waals surface area contributed by atoms with Gasteiger partial charge in [-0.15, -0.1) is 10.2 Å². The van der Waals surface area contributed by atoms with Gasteiger partial charge in [-0.05, 0) is 12.8 Å². The molecule has 1 saturated heterocycles. The van der Waals surface area contributed by atoms with Gasteiger partial charge in [0.2, 0.25) is 15.0 Å². The van der Waals surface area contributed by atoms with Crippen LogP contribution in [0.3, 0.4) is 0 Å². The molecule has 3 heterocycles. The van der Waals surface area contributed by atoms with Crippen LogP contribution in [0.4, 0.5) is 0 Å². The van der Waals surface area contributed by atoms with Crippen molar-refractivity contribution in [2.75, 3.05) is 13.1 Å². The van der Waals surface area contributed by atoms with Gasteiger partial charge in [0.05, 0.1) is 17.8 Å². The van der Waals surface area contributed by atoms with Crippen molar-refractivity contribution < 1.29 is 16.8 Å². The fourth-order valence-electron chi connectivity index (χ4n) is 2.59. The Labute approximate surface area is 133 Å². The van der Waals surface area contributed by atoms with Crippen molar-refractivity contribution >= 4 is 19.9 Å². The van der Waals surface area contributed by atoms with Crippen molar-refractivity contribution in [1.29, 1.82) is 0 Å². The molecule has 0 radical (unpaired) electrons. The third-order valence-electron chi connectivity index (χ3n) is 3.86. The summed E-state index contributed by atoms with van der Waals surface area (Å²) in [5.41, 5.74) is 0. The Kier molecular flexibility index (Phi) is 3.98. The summed E-state index contributed by atoms with van der Waals surface area (Å²) >= 11 is 0. The van der Waals surface area contributed by atoms with Gasteiger partial charge >= 0.3 is 0 Å². The van der Waals surface area contributed by atoms with Crippen LogP contribution in [0, 0.1) is 0 Å². The van der Waals surface area contributed by atoms with E-state index in [4.69, 9.17) is 0 Å². The van der Waals surface area contributed by atoms with E-state index >= 15 is 0 Å². The normalized spacial score (nSPS) is 18.3.